The number of rotatable bonds is 6. The molecule has 2 aliphatic heterocycles. The van der Waals surface area contributed by atoms with E-state index < -0.39 is 17.7 Å². The number of hydrogen-bond acceptors (Lipinski definition) is 6. The van der Waals surface area contributed by atoms with Crippen molar-refractivity contribution in [2.24, 2.45) is 0 Å². The predicted molar refractivity (Wildman–Crippen MR) is 121 cm³/mol. The number of amides is 1. The maximum Gasteiger partial charge on any atom is 0.295 e. The highest BCUT2D eigenvalue weighted by atomic mass is 35.5. The molecule has 2 fully saturated rings. The summed E-state index contributed by atoms with van der Waals surface area (Å²) in [7, 11) is 1.54. The Bertz CT molecular complexity index is 1030. The van der Waals surface area contributed by atoms with Crippen LogP contribution in [-0.4, -0.2) is 73.1 Å². The molecule has 2 aromatic rings. The highest BCUT2D eigenvalue weighted by Crippen LogP contribution is 2.42. The van der Waals surface area contributed by atoms with Gasteiger partial charge in [0.25, 0.3) is 11.7 Å². The number of para-hydroxylation sites is 1. The third-order valence-corrected chi connectivity index (χ3v) is 6.10. The smallest absolute Gasteiger partial charge is 0.295 e. The summed E-state index contributed by atoms with van der Waals surface area (Å²) in [6.07, 6.45) is 0. The molecule has 2 saturated heterocycles. The summed E-state index contributed by atoms with van der Waals surface area (Å²) in [5.41, 5.74) is 1.11. The predicted octanol–water partition coefficient (Wildman–Crippen LogP) is 3.10. The van der Waals surface area contributed by atoms with Gasteiger partial charge < -0.3 is 19.5 Å². The van der Waals surface area contributed by atoms with Crippen molar-refractivity contribution in [1.29, 1.82) is 0 Å². The molecule has 168 valence electrons. The van der Waals surface area contributed by atoms with Crippen LogP contribution in [0.25, 0.3) is 5.76 Å². The fourth-order valence-corrected chi connectivity index (χ4v) is 4.29. The first-order chi connectivity index (χ1) is 15.5. The van der Waals surface area contributed by atoms with E-state index in [4.69, 9.17) is 21.1 Å². The number of benzene rings is 2. The van der Waals surface area contributed by atoms with Gasteiger partial charge in [0.15, 0.2) is 0 Å². The van der Waals surface area contributed by atoms with E-state index in [9.17, 15) is 14.7 Å². The van der Waals surface area contributed by atoms with Gasteiger partial charge in [0.2, 0.25) is 0 Å². The number of aliphatic hydroxyl groups is 1. The van der Waals surface area contributed by atoms with Crippen LogP contribution >= 0.6 is 11.6 Å². The maximum atomic E-state index is 13.1. The van der Waals surface area contributed by atoms with Crippen molar-refractivity contribution in [3.63, 3.8) is 0 Å². The Kier molecular flexibility index (Phi) is 6.79. The quantitative estimate of drug-likeness (QED) is 0.409. The normalized spacial score (nSPS) is 21.2. The van der Waals surface area contributed by atoms with Crippen LogP contribution in [0.3, 0.4) is 0 Å². The first-order valence-corrected chi connectivity index (χ1v) is 10.9. The zero-order chi connectivity index (χ0) is 22.7. The minimum Gasteiger partial charge on any atom is -0.507 e. The Labute approximate surface area is 191 Å². The van der Waals surface area contributed by atoms with Crippen LogP contribution in [0.1, 0.15) is 17.2 Å². The monoisotopic (exact) mass is 456 g/mol. The molecule has 32 heavy (non-hydrogen) atoms. The number of aliphatic hydroxyl groups excluding tert-OH is 1. The standard InChI is InChI=1S/C24H25ClN2O5/c1-31-19-5-3-2-4-18(19)21-20(22(28)16-6-8-17(25)9-7-16)23(29)24(30)27(21)11-10-26-12-14-32-15-13-26/h2-9,21,28H,10-15H2,1H3/t21-/m0/s1. The van der Waals surface area contributed by atoms with E-state index in [1.807, 2.05) is 18.2 Å². The molecule has 0 unspecified atom stereocenters. The van der Waals surface area contributed by atoms with Gasteiger partial charge in [-0.25, -0.2) is 0 Å². The summed E-state index contributed by atoms with van der Waals surface area (Å²) < 4.78 is 10.9. The lowest BCUT2D eigenvalue weighted by Crippen LogP contribution is -2.42. The summed E-state index contributed by atoms with van der Waals surface area (Å²) >= 11 is 5.97. The van der Waals surface area contributed by atoms with Crippen LogP contribution in [0, 0.1) is 0 Å². The van der Waals surface area contributed by atoms with Gasteiger partial charge in [-0.2, -0.15) is 0 Å². The van der Waals surface area contributed by atoms with Gasteiger partial charge in [0.1, 0.15) is 11.5 Å². The highest BCUT2D eigenvalue weighted by Gasteiger charge is 2.47. The molecule has 2 heterocycles. The number of carbonyl (C=O) groups is 2. The molecule has 0 bridgehead atoms. The summed E-state index contributed by atoms with van der Waals surface area (Å²) in [6.45, 7) is 3.77. The summed E-state index contributed by atoms with van der Waals surface area (Å²) in [5, 5.41) is 11.6. The highest BCUT2D eigenvalue weighted by molar-refractivity contribution is 6.46. The fraction of sp³-hybridized carbons (Fsp3) is 0.333. The molecular weight excluding hydrogens is 432 g/mol. The fourth-order valence-electron chi connectivity index (χ4n) is 4.16. The number of halogens is 1. The summed E-state index contributed by atoms with van der Waals surface area (Å²) in [5.74, 6) is -1.04. The molecule has 2 aromatic carbocycles. The Morgan fingerprint density at radius 1 is 1.09 bits per heavy atom. The minimum atomic E-state index is -0.761. The van der Waals surface area contributed by atoms with Crippen LogP contribution in [0.4, 0.5) is 0 Å². The van der Waals surface area contributed by atoms with Crippen LogP contribution in [0.15, 0.2) is 54.1 Å². The number of likely N-dealkylation sites (tertiary alicyclic amines) is 1. The van der Waals surface area contributed by atoms with E-state index in [1.54, 1.807) is 30.3 Å². The lowest BCUT2D eigenvalue weighted by Gasteiger charge is -2.31. The molecule has 0 spiro atoms. The van der Waals surface area contributed by atoms with E-state index in [0.29, 0.717) is 48.2 Å². The number of ketones is 1. The first kappa shape index (κ1) is 22.3. The van der Waals surface area contributed by atoms with Crippen molar-refractivity contribution in [2.45, 2.75) is 6.04 Å². The van der Waals surface area contributed by atoms with E-state index in [-0.39, 0.29) is 11.3 Å². The Morgan fingerprint density at radius 3 is 2.47 bits per heavy atom. The van der Waals surface area contributed by atoms with E-state index in [1.165, 1.54) is 12.0 Å². The van der Waals surface area contributed by atoms with Crippen molar-refractivity contribution in [3.8, 4) is 5.75 Å². The van der Waals surface area contributed by atoms with Crippen molar-refractivity contribution in [2.75, 3.05) is 46.5 Å². The molecule has 7 nitrogen and oxygen atoms in total. The summed E-state index contributed by atoms with van der Waals surface area (Å²) in [6, 6.07) is 13.0. The number of hydrogen-bond donors (Lipinski definition) is 1. The maximum absolute atomic E-state index is 13.1. The van der Waals surface area contributed by atoms with Gasteiger partial charge >= 0.3 is 0 Å². The van der Waals surface area contributed by atoms with Crippen LogP contribution in [-0.2, 0) is 14.3 Å². The number of nitrogens with zero attached hydrogens (tertiary/aromatic N) is 2. The Hall–Kier alpha value is -2.87. The zero-order valence-electron chi connectivity index (χ0n) is 17.8. The van der Waals surface area contributed by atoms with E-state index >= 15 is 0 Å². The average Bonchev–Trinajstić information content (AvgIpc) is 3.08. The van der Waals surface area contributed by atoms with E-state index in [2.05, 4.69) is 4.90 Å². The Morgan fingerprint density at radius 2 is 1.78 bits per heavy atom. The van der Waals surface area contributed by atoms with Crippen molar-refractivity contribution >= 4 is 29.1 Å². The largest absolute Gasteiger partial charge is 0.507 e. The lowest BCUT2D eigenvalue weighted by molar-refractivity contribution is -0.140. The van der Waals surface area contributed by atoms with Crippen molar-refractivity contribution in [1.82, 2.24) is 9.80 Å². The number of ether oxygens (including phenoxy) is 2. The molecule has 0 saturated carbocycles. The lowest BCUT2D eigenvalue weighted by atomic mass is 9.94. The molecule has 8 heteroatoms. The van der Waals surface area contributed by atoms with Gasteiger partial charge in [-0.3, -0.25) is 14.5 Å². The molecule has 1 N–H and O–H groups in total. The topological polar surface area (TPSA) is 79.3 Å². The van der Waals surface area contributed by atoms with Crippen molar-refractivity contribution < 1.29 is 24.2 Å². The molecule has 0 aromatic heterocycles. The number of carbonyl (C=O) groups excluding carboxylic acids is 2. The van der Waals surface area contributed by atoms with Crippen LogP contribution < -0.4 is 4.74 Å². The SMILES string of the molecule is COc1ccccc1[C@H]1C(=C(O)c2ccc(Cl)cc2)C(=O)C(=O)N1CCN1CCOCC1. The summed E-state index contributed by atoms with van der Waals surface area (Å²) in [4.78, 5) is 29.9. The molecule has 0 radical (unpaired) electrons. The van der Waals surface area contributed by atoms with Gasteiger partial charge in [-0.05, 0) is 30.3 Å². The van der Waals surface area contributed by atoms with E-state index in [0.717, 1.165) is 13.1 Å². The van der Waals surface area contributed by atoms with Crippen molar-refractivity contribution in [3.05, 3.63) is 70.3 Å². The van der Waals surface area contributed by atoms with Crippen LogP contribution in [0.2, 0.25) is 5.02 Å². The second kappa shape index (κ2) is 9.73. The third-order valence-electron chi connectivity index (χ3n) is 5.85. The van der Waals surface area contributed by atoms with Gasteiger partial charge in [-0.15, -0.1) is 0 Å². The number of Topliss-reactive ketones (excluding diaryl/α,β-unsaturated/α-hetero) is 1. The number of methoxy groups -OCH3 is 1. The Balaban J connectivity index is 1.77. The molecular formula is C24H25ClN2O5. The third kappa shape index (κ3) is 4.37. The van der Waals surface area contributed by atoms with Crippen LogP contribution in [0.5, 0.6) is 5.75 Å². The minimum absolute atomic E-state index is 0.0452. The average molecular weight is 457 g/mol. The molecule has 1 amide bonds. The first-order valence-electron chi connectivity index (χ1n) is 10.5. The van der Waals surface area contributed by atoms with Gasteiger partial charge in [0.05, 0.1) is 31.9 Å². The molecule has 0 aliphatic carbocycles. The molecule has 2 aliphatic rings. The number of morpholine rings is 1. The second-order valence-corrected chi connectivity index (χ2v) is 8.13. The molecule has 4 rings (SSSR count). The second-order valence-electron chi connectivity index (χ2n) is 7.70. The molecule has 1 atom stereocenters. The zero-order valence-corrected chi connectivity index (χ0v) is 18.5. The van der Waals surface area contributed by atoms with Gasteiger partial charge in [-0.1, -0.05) is 29.8 Å². The van der Waals surface area contributed by atoms with Gasteiger partial charge in [0, 0.05) is 42.3 Å².